The molecule has 2 aliphatic heterocycles. The Bertz CT molecular complexity index is 856. The fourth-order valence-electron chi connectivity index (χ4n) is 5.47. The predicted molar refractivity (Wildman–Crippen MR) is 128 cm³/mol. The van der Waals surface area contributed by atoms with Crippen LogP contribution in [-0.2, 0) is 14.3 Å². The minimum Gasteiger partial charge on any atom is -0.448 e. The van der Waals surface area contributed by atoms with Gasteiger partial charge >= 0.3 is 12.1 Å². The Labute approximate surface area is 203 Å². The van der Waals surface area contributed by atoms with Gasteiger partial charge in [-0.15, -0.1) is 0 Å². The van der Waals surface area contributed by atoms with E-state index in [9.17, 15) is 19.2 Å². The number of hydrogen-bond donors (Lipinski definition) is 2. The quantitative estimate of drug-likeness (QED) is 0.610. The lowest BCUT2D eigenvalue weighted by Gasteiger charge is -2.38. The van der Waals surface area contributed by atoms with Gasteiger partial charge in [-0.1, -0.05) is 55.4 Å². The number of cyclic esters (lactones) is 1. The van der Waals surface area contributed by atoms with E-state index >= 15 is 0 Å². The lowest BCUT2D eigenvalue weighted by atomic mass is 9.84. The highest BCUT2D eigenvalue weighted by atomic mass is 16.6. The lowest BCUT2D eigenvalue weighted by Crippen LogP contribution is -2.61. The minimum atomic E-state index is -0.799. The number of Topliss-reactive ketones (excluding diaryl/α,β-unsaturated/α-hetero) is 1. The first-order valence-electron chi connectivity index (χ1n) is 12.3. The van der Waals surface area contributed by atoms with Gasteiger partial charge in [0, 0.05) is 13.1 Å². The molecule has 1 aliphatic carbocycles. The number of fused-ring (bicyclic) bond motifs is 1. The zero-order chi connectivity index (χ0) is 25.8. The first kappa shape index (κ1) is 26.3. The average Bonchev–Trinajstić information content (AvgIpc) is 3.06. The number of likely N-dealkylation sites (tertiary alicyclic amines) is 1. The van der Waals surface area contributed by atoms with Gasteiger partial charge in [0.25, 0.3) is 0 Å². The Morgan fingerprint density at radius 3 is 2.18 bits per heavy atom. The fraction of sp³-hybridized carbons (Fsp3) is 0.840. The molecule has 2 heterocycles. The monoisotopic (exact) mass is 478 g/mol. The summed E-state index contributed by atoms with van der Waals surface area (Å²) in [5.41, 5.74) is -0.831. The van der Waals surface area contributed by atoms with Gasteiger partial charge in [0.1, 0.15) is 12.6 Å². The van der Waals surface area contributed by atoms with Crippen LogP contribution in [0.2, 0.25) is 0 Å². The molecule has 0 aromatic rings. The number of rotatable bonds is 6. The Morgan fingerprint density at radius 1 is 1.09 bits per heavy atom. The van der Waals surface area contributed by atoms with Gasteiger partial charge in [-0.2, -0.15) is 0 Å². The molecule has 3 rings (SSSR count). The third-order valence-electron chi connectivity index (χ3n) is 7.90. The van der Waals surface area contributed by atoms with Gasteiger partial charge in [0.15, 0.2) is 5.78 Å². The number of urea groups is 1. The largest absolute Gasteiger partial charge is 0.448 e. The SMILES string of the molecule is CC(=O)[C@@H]1[C@@H]2[C@H](CN1C(=O)[C@@H](NC(=O)N[C@H](CN1CCOC1=O)C(C)(C)C)C(C)(C)C)C2(C)C. The van der Waals surface area contributed by atoms with E-state index in [0.29, 0.717) is 32.2 Å². The molecule has 1 saturated carbocycles. The van der Waals surface area contributed by atoms with E-state index in [-0.39, 0.29) is 40.6 Å². The van der Waals surface area contributed by atoms with Crippen molar-refractivity contribution in [1.29, 1.82) is 0 Å². The van der Waals surface area contributed by atoms with Gasteiger partial charge in [0.2, 0.25) is 5.91 Å². The summed E-state index contributed by atoms with van der Waals surface area (Å²) in [6, 6.07) is -2.05. The van der Waals surface area contributed by atoms with Crippen molar-refractivity contribution in [2.45, 2.75) is 80.4 Å². The van der Waals surface area contributed by atoms with Crippen LogP contribution in [0.1, 0.15) is 62.3 Å². The Hall–Kier alpha value is -2.32. The molecule has 2 saturated heterocycles. The molecule has 3 fully saturated rings. The maximum absolute atomic E-state index is 13.7. The van der Waals surface area contributed by atoms with Crippen LogP contribution in [0.4, 0.5) is 9.59 Å². The van der Waals surface area contributed by atoms with Crippen LogP contribution in [-0.4, -0.2) is 78.0 Å². The Balaban J connectivity index is 1.73. The first-order chi connectivity index (χ1) is 15.5. The predicted octanol–water partition coefficient (Wildman–Crippen LogP) is 2.64. The Morgan fingerprint density at radius 2 is 1.71 bits per heavy atom. The summed E-state index contributed by atoms with van der Waals surface area (Å²) < 4.78 is 5.02. The molecular weight excluding hydrogens is 436 g/mol. The zero-order valence-electron chi connectivity index (χ0n) is 22.2. The maximum Gasteiger partial charge on any atom is 0.410 e. The van der Waals surface area contributed by atoms with Crippen molar-refractivity contribution in [3.8, 4) is 0 Å². The van der Waals surface area contributed by atoms with Crippen molar-refractivity contribution in [3.63, 3.8) is 0 Å². The molecule has 0 aromatic heterocycles. The number of carbonyl (C=O) groups excluding carboxylic acids is 4. The molecule has 192 valence electrons. The highest BCUT2D eigenvalue weighted by Gasteiger charge is 2.69. The summed E-state index contributed by atoms with van der Waals surface area (Å²) in [4.78, 5) is 54.5. The molecule has 0 radical (unpaired) electrons. The molecule has 0 aromatic carbocycles. The number of hydrogen-bond acceptors (Lipinski definition) is 5. The van der Waals surface area contributed by atoms with E-state index in [1.807, 2.05) is 41.5 Å². The van der Waals surface area contributed by atoms with Crippen molar-refractivity contribution in [2.75, 3.05) is 26.2 Å². The van der Waals surface area contributed by atoms with E-state index in [0.717, 1.165) is 0 Å². The second kappa shape index (κ2) is 8.72. The second-order valence-electron chi connectivity index (χ2n) is 12.9. The normalized spacial score (nSPS) is 27.6. The molecule has 0 unspecified atom stereocenters. The number of nitrogens with one attached hydrogen (secondary N) is 2. The first-order valence-corrected chi connectivity index (χ1v) is 12.3. The van der Waals surface area contributed by atoms with E-state index in [2.05, 4.69) is 24.5 Å². The lowest BCUT2D eigenvalue weighted by molar-refractivity contribution is -0.142. The van der Waals surface area contributed by atoms with Crippen molar-refractivity contribution in [2.24, 2.45) is 28.1 Å². The highest BCUT2D eigenvalue weighted by molar-refractivity contribution is 5.93. The summed E-state index contributed by atoms with van der Waals surface area (Å²) in [5.74, 6) is 0.259. The fourth-order valence-corrected chi connectivity index (χ4v) is 5.47. The van der Waals surface area contributed by atoms with E-state index in [1.54, 1.807) is 16.7 Å². The number of ether oxygens (including phenoxy) is 1. The third kappa shape index (κ3) is 5.03. The summed E-state index contributed by atoms with van der Waals surface area (Å²) in [5, 5.41) is 5.87. The number of amides is 4. The van der Waals surface area contributed by atoms with Crippen molar-refractivity contribution in [3.05, 3.63) is 0 Å². The number of piperidine rings is 1. The number of ketones is 1. The number of nitrogens with zero attached hydrogens (tertiary/aromatic N) is 2. The van der Waals surface area contributed by atoms with Crippen LogP contribution in [0.25, 0.3) is 0 Å². The second-order valence-corrected chi connectivity index (χ2v) is 12.9. The summed E-state index contributed by atoms with van der Waals surface area (Å²) in [6.07, 6.45) is -0.384. The molecule has 3 aliphatic rings. The van der Waals surface area contributed by atoms with E-state index in [1.165, 1.54) is 0 Å². The minimum absolute atomic E-state index is 0.00571. The molecule has 34 heavy (non-hydrogen) atoms. The maximum atomic E-state index is 13.7. The van der Waals surface area contributed by atoms with Crippen LogP contribution in [0.15, 0.2) is 0 Å². The molecule has 9 nitrogen and oxygen atoms in total. The van der Waals surface area contributed by atoms with Gasteiger partial charge in [0.05, 0.1) is 18.6 Å². The number of carbonyl (C=O) groups is 4. The zero-order valence-corrected chi connectivity index (χ0v) is 22.2. The van der Waals surface area contributed by atoms with Crippen molar-refractivity contribution >= 4 is 23.8 Å². The van der Waals surface area contributed by atoms with Gasteiger partial charge in [-0.3, -0.25) is 9.59 Å². The topological polar surface area (TPSA) is 108 Å². The van der Waals surface area contributed by atoms with Crippen LogP contribution in [0.3, 0.4) is 0 Å². The third-order valence-corrected chi connectivity index (χ3v) is 7.90. The average molecular weight is 479 g/mol. The van der Waals surface area contributed by atoms with E-state index < -0.39 is 23.5 Å². The molecule has 2 N–H and O–H groups in total. The van der Waals surface area contributed by atoms with Crippen LogP contribution in [0, 0.1) is 28.1 Å². The van der Waals surface area contributed by atoms with Crippen LogP contribution < -0.4 is 10.6 Å². The van der Waals surface area contributed by atoms with Gasteiger partial charge in [-0.25, -0.2) is 9.59 Å². The molecule has 5 atom stereocenters. The van der Waals surface area contributed by atoms with Crippen molar-refractivity contribution < 1.29 is 23.9 Å². The summed E-state index contributed by atoms with van der Waals surface area (Å²) in [6.45, 7) is 19.2. The smallest absolute Gasteiger partial charge is 0.410 e. The van der Waals surface area contributed by atoms with Gasteiger partial charge in [-0.05, 0) is 35.0 Å². The standard InChI is InChI=1S/C25H42N4O5/c1-14(30)18-17-15(25(17,8)9)12-29(18)20(31)19(24(5,6)7)27-21(32)26-16(23(2,3)4)13-28-10-11-34-22(28)33/h15-19H,10-13H2,1-9H3,(H2,26,27,32)/t15-,16+,17-,18+,19+/m0/s1. The van der Waals surface area contributed by atoms with E-state index in [4.69, 9.17) is 4.74 Å². The van der Waals surface area contributed by atoms with Crippen LogP contribution in [0.5, 0.6) is 0 Å². The molecular formula is C25H42N4O5. The molecule has 4 amide bonds. The van der Waals surface area contributed by atoms with Gasteiger partial charge < -0.3 is 25.2 Å². The Kier molecular flexibility index (Phi) is 6.74. The molecule has 0 spiro atoms. The molecule has 0 bridgehead atoms. The molecule has 9 heteroatoms. The van der Waals surface area contributed by atoms with Crippen LogP contribution >= 0.6 is 0 Å². The van der Waals surface area contributed by atoms with Crippen molar-refractivity contribution in [1.82, 2.24) is 20.4 Å². The highest BCUT2D eigenvalue weighted by Crippen LogP contribution is 2.65. The summed E-state index contributed by atoms with van der Waals surface area (Å²) in [7, 11) is 0. The summed E-state index contributed by atoms with van der Waals surface area (Å²) >= 11 is 0.